The number of pyridine rings is 1. The van der Waals surface area contributed by atoms with E-state index in [1.54, 1.807) is 6.92 Å². The summed E-state index contributed by atoms with van der Waals surface area (Å²) in [6.07, 6.45) is 0. The molecule has 0 aliphatic rings. The van der Waals surface area contributed by atoms with Gasteiger partial charge in [-0.05, 0) is 26.1 Å². The maximum Gasteiger partial charge on any atom is 0.253 e. The van der Waals surface area contributed by atoms with E-state index in [9.17, 15) is 0 Å². The van der Waals surface area contributed by atoms with Crippen LogP contribution in [-0.2, 0) is 13.2 Å². The van der Waals surface area contributed by atoms with Crippen LogP contribution in [0.3, 0.4) is 0 Å². The van der Waals surface area contributed by atoms with Gasteiger partial charge in [-0.2, -0.15) is 0 Å². The van der Waals surface area contributed by atoms with E-state index in [0.29, 0.717) is 18.3 Å². The number of hydrogen-bond acceptors (Lipinski definition) is 6. The van der Waals surface area contributed by atoms with Crippen LogP contribution < -0.4 is 10.1 Å². The molecule has 2 rings (SSSR count). The lowest BCUT2D eigenvalue weighted by Gasteiger charge is -2.09. The van der Waals surface area contributed by atoms with Crippen LogP contribution >= 0.6 is 0 Å². The van der Waals surface area contributed by atoms with Crippen molar-refractivity contribution in [3.63, 3.8) is 0 Å². The number of rotatable bonds is 5. The normalized spacial score (nSPS) is 10.6. The molecule has 18 heavy (non-hydrogen) atoms. The fourth-order valence-corrected chi connectivity index (χ4v) is 1.56. The Labute approximate surface area is 105 Å². The van der Waals surface area contributed by atoms with Gasteiger partial charge in [0.2, 0.25) is 5.89 Å². The molecule has 0 unspecified atom stereocenters. The zero-order chi connectivity index (χ0) is 13.0. The van der Waals surface area contributed by atoms with Crippen molar-refractivity contribution in [2.75, 3.05) is 7.05 Å². The minimum Gasteiger partial charge on any atom is -0.482 e. The van der Waals surface area contributed by atoms with Crippen LogP contribution in [0.5, 0.6) is 5.75 Å². The molecule has 0 fully saturated rings. The first kappa shape index (κ1) is 12.5. The third kappa shape index (κ3) is 3.04. The zero-order valence-electron chi connectivity index (χ0n) is 10.7. The number of nitrogens with one attached hydrogen (secondary N) is 1. The SMILES string of the molecule is CNCc1nc(C)ccc1OCc1nnc(C)o1. The van der Waals surface area contributed by atoms with Crippen molar-refractivity contribution in [2.24, 2.45) is 0 Å². The van der Waals surface area contributed by atoms with Crippen LogP contribution in [0.1, 0.15) is 23.2 Å². The predicted octanol–water partition coefficient (Wildman–Crippen LogP) is 1.38. The molecule has 0 aliphatic carbocycles. The molecule has 96 valence electrons. The van der Waals surface area contributed by atoms with Gasteiger partial charge in [0.25, 0.3) is 5.89 Å². The van der Waals surface area contributed by atoms with E-state index in [-0.39, 0.29) is 6.61 Å². The Morgan fingerprint density at radius 2 is 2.11 bits per heavy atom. The molecule has 0 saturated carbocycles. The second-order valence-corrected chi connectivity index (χ2v) is 3.93. The smallest absolute Gasteiger partial charge is 0.253 e. The molecule has 2 aromatic rings. The summed E-state index contributed by atoms with van der Waals surface area (Å²) in [5.41, 5.74) is 1.83. The van der Waals surface area contributed by atoms with Crippen molar-refractivity contribution in [1.82, 2.24) is 20.5 Å². The quantitative estimate of drug-likeness (QED) is 0.861. The summed E-state index contributed by atoms with van der Waals surface area (Å²) in [5, 5.41) is 10.7. The summed E-state index contributed by atoms with van der Waals surface area (Å²) < 4.78 is 10.9. The zero-order valence-corrected chi connectivity index (χ0v) is 10.7. The van der Waals surface area contributed by atoms with E-state index in [1.807, 2.05) is 26.1 Å². The standard InChI is InChI=1S/C12H16N4O2/c1-8-4-5-11(10(14-8)6-13-3)17-7-12-16-15-9(2)18-12/h4-5,13H,6-7H2,1-3H3. The second kappa shape index (κ2) is 5.59. The van der Waals surface area contributed by atoms with Gasteiger partial charge in [0.05, 0.1) is 5.69 Å². The Hall–Kier alpha value is -1.95. The molecule has 2 aromatic heterocycles. The summed E-state index contributed by atoms with van der Waals surface area (Å²) >= 11 is 0. The maximum atomic E-state index is 5.65. The highest BCUT2D eigenvalue weighted by atomic mass is 16.5. The highest BCUT2D eigenvalue weighted by Gasteiger charge is 2.08. The molecule has 0 spiro atoms. The van der Waals surface area contributed by atoms with Crippen molar-refractivity contribution < 1.29 is 9.15 Å². The first-order chi connectivity index (χ1) is 8.69. The average Bonchev–Trinajstić information content (AvgIpc) is 2.75. The number of nitrogens with zero attached hydrogens (tertiary/aromatic N) is 3. The van der Waals surface area contributed by atoms with Crippen molar-refractivity contribution >= 4 is 0 Å². The second-order valence-electron chi connectivity index (χ2n) is 3.93. The first-order valence-electron chi connectivity index (χ1n) is 5.72. The number of ether oxygens (including phenoxy) is 1. The van der Waals surface area contributed by atoms with E-state index in [1.165, 1.54) is 0 Å². The Kier molecular flexibility index (Phi) is 3.88. The number of hydrogen-bond donors (Lipinski definition) is 1. The molecule has 0 bridgehead atoms. The van der Waals surface area contributed by atoms with Crippen molar-refractivity contribution in [2.45, 2.75) is 27.0 Å². The van der Waals surface area contributed by atoms with Gasteiger partial charge >= 0.3 is 0 Å². The molecule has 1 N–H and O–H groups in total. The van der Waals surface area contributed by atoms with Crippen molar-refractivity contribution in [1.29, 1.82) is 0 Å². The third-order valence-electron chi connectivity index (χ3n) is 2.33. The van der Waals surface area contributed by atoms with Gasteiger partial charge in [-0.25, -0.2) is 0 Å². The Balaban J connectivity index is 2.08. The first-order valence-corrected chi connectivity index (χ1v) is 5.72. The molecule has 0 atom stereocenters. The Bertz CT molecular complexity index is 525. The monoisotopic (exact) mass is 248 g/mol. The van der Waals surface area contributed by atoms with Crippen LogP contribution in [0, 0.1) is 13.8 Å². The van der Waals surface area contributed by atoms with Gasteiger partial charge in [-0.15, -0.1) is 10.2 Å². The van der Waals surface area contributed by atoms with Crippen LogP contribution in [0.25, 0.3) is 0 Å². The van der Waals surface area contributed by atoms with Crippen molar-refractivity contribution in [3.05, 3.63) is 35.3 Å². The van der Waals surface area contributed by atoms with Gasteiger partial charge in [0.15, 0.2) is 6.61 Å². The van der Waals surface area contributed by atoms with E-state index >= 15 is 0 Å². The molecular formula is C12H16N4O2. The van der Waals surface area contributed by atoms with E-state index in [0.717, 1.165) is 17.1 Å². The summed E-state index contributed by atoms with van der Waals surface area (Å²) in [5.74, 6) is 1.72. The Morgan fingerprint density at radius 1 is 1.28 bits per heavy atom. The average molecular weight is 248 g/mol. The number of aromatic nitrogens is 3. The molecule has 0 amide bonds. The predicted molar refractivity (Wildman–Crippen MR) is 65.1 cm³/mol. The van der Waals surface area contributed by atoms with Gasteiger partial charge in [0.1, 0.15) is 5.75 Å². The molecule has 6 heteroatoms. The summed E-state index contributed by atoms with van der Waals surface area (Å²) in [4.78, 5) is 4.43. The largest absolute Gasteiger partial charge is 0.482 e. The molecule has 6 nitrogen and oxygen atoms in total. The molecule has 2 heterocycles. The molecule has 0 aliphatic heterocycles. The molecule has 0 radical (unpaired) electrons. The van der Waals surface area contributed by atoms with Gasteiger partial charge in [-0.3, -0.25) is 4.98 Å². The Morgan fingerprint density at radius 3 is 2.78 bits per heavy atom. The molecule has 0 saturated heterocycles. The van der Waals surface area contributed by atoms with E-state index < -0.39 is 0 Å². The summed E-state index contributed by atoms with van der Waals surface area (Å²) in [6.45, 7) is 4.60. The topological polar surface area (TPSA) is 73.1 Å². The van der Waals surface area contributed by atoms with Crippen LogP contribution in [0.2, 0.25) is 0 Å². The van der Waals surface area contributed by atoms with Gasteiger partial charge < -0.3 is 14.5 Å². The molecule has 0 aromatic carbocycles. The molecular weight excluding hydrogens is 232 g/mol. The van der Waals surface area contributed by atoms with Crippen molar-refractivity contribution in [3.8, 4) is 5.75 Å². The lowest BCUT2D eigenvalue weighted by atomic mass is 10.3. The van der Waals surface area contributed by atoms with Crippen LogP contribution in [0.15, 0.2) is 16.5 Å². The third-order valence-corrected chi connectivity index (χ3v) is 2.33. The lowest BCUT2D eigenvalue weighted by Crippen LogP contribution is -2.10. The minimum absolute atomic E-state index is 0.252. The lowest BCUT2D eigenvalue weighted by molar-refractivity contribution is 0.256. The van der Waals surface area contributed by atoms with Gasteiger partial charge in [-0.1, -0.05) is 0 Å². The van der Waals surface area contributed by atoms with E-state index in [4.69, 9.17) is 9.15 Å². The fraction of sp³-hybridized carbons (Fsp3) is 0.417. The van der Waals surface area contributed by atoms with Crippen LogP contribution in [-0.4, -0.2) is 22.2 Å². The highest BCUT2D eigenvalue weighted by molar-refractivity contribution is 5.29. The fourth-order valence-electron chi connectivity index (χ4n) is 1.56. The maximum absolute atomic E-state index is 5.65. The van der Waals surface area contributed by atoms with Crippen LogP contribution in [0.4, 0.5) is 0 Å². The highest BCUT2D eigenvalue weighted by Crippen LogP contribution is 2.18. The van der Waals surface area contributed by atoms with Gasteiger partial charge in [0, 0.05) is 19.2 Å². The summed E-state index contributed by atoms with van der Waals surface area (Å²) in [7, 11) is 1.87. The van der Waals surface area contributed by atoms with E-state index in [2.05, 4.69) is 20.5 Å². The summed E-state index contributed by atoms with van der Waals surface area (Å²) in [6, 6.07) is 3.81. The minimum atomic E-state index is 0.252. The number of aryl methyl sites for hydroxylation is 2.